The van der Waals surface area contributed by atoms with Gasteiger partial charge in [-0.15, -0.1) is 11.8 Å². The van der Waals surface area contributed by atoms with Crippen LogP contribution >= 0.6 is 11.8 Å². The van der Waals surface area contributed by atoms with E-state index in [9.17, 15) is 0 Å². The van der Waals surface area contributed by atoms with Gasteiger partial charge in [-0.3, -0.25) is 0 Å². The lowest BCUT2D eigenvalue weighted by Crippen LogP contribution is -1.87. The molecule has 0 aliphatic rings. The van der Waals surface area contributed by atoms with E-state index in [0.717, 1.165) is 6.42 Å². The first-order valence-electron chi connectivity index (χ1n) is 4.64. The van der Waals surface area contributed by atoms with E-state index in [4.69, 9.17) is 0 Å². The van der Waals surface area contributed by atoms with Crippen molar-refractivity contribution in [2.45, 2.75) is 11.4 Å². The molecule has 0 spiro atoms. The molecule has 0 aliphatic heterocycles. The topological polar surface area (TPSA) is 15.8 Å². The average molecular weight is 203 g/mol. The number of hydrogen-bond donors (Lipinski definition) is 1. The number of benzene rings is 1. The summed E-state index contributed by atoms with van der Waals surface area (Å²) in [6, 6.07) is 14.8. The lowest BCUT2D eigenvalue weighted by Gasteiger charge is -1.98. The Morgan fingerprint density at radius 3 is 2.50 bits per heavy atom. The van der Waals surface area contributed by atoms with Crippen molar-refractivity contribution in [3.05, 3.63) is 53.7 Å². The van der Waals surface area contributed by atoms with E-state index in [2.05, 4.69) is 47.6 Å². The minimum absolute atomic E-state index is 0.988. The van der Waals surface area contributed by atoms with Gasteiger partial charge in [-0.25, -0.2) is 0 Å². The van der Waals surface area contributed by atoms with Gasteiger partial charge in [0.2, 0.25) is 0 Å². The molecule has 1 aromatic heterocycles. The fraction of sp³-hybridized carbons (Fsp3) is 0.167. The predicted octanol–water partition coefficient (Wildman–Crippen LogP) is 3.33. The molecule has 0 saturated heterocycles. The summed E-state index contributed by atoms with van der Waals surface area (Å²) in [6.07, 6.45) is 3.07. The average Bonchev–Trinajstić information content (AvgIpc) is 2.67. The summed E-state index contributed by atoms with van der Waals surface area (Å²) < 4.78 is 0. The van der Waals surface area contributed by atoms with E-state index in [1.54, 1.807) is 11.8 Å². The molecule has 0 bridgehead atoms. The van der Waals surface area contributed by atoms with Crippen molar-refractivity contribution in [3.8, 4) is 0 Å². The fourth-order valence-electron chi connectivity index (χ4n) is 1.46. The van der Waals surface area contributed by atoms with E-state index in [1.165, 1.54) is 16.3 Å². The maximum absolute atomic E-state index is 3.37. The first-order valence-corrected chi connectivity index (χ1v) is 5.87. The third-order valence-electron chi connectivity index (χ3n) is 2.18. The summed E-state index contributed by atoms with van der Waals surface area (Å²) in [5, 5.41) is 1.23. The summed E-state index contributed by atoms with van der Waals surface area (Å²) in [4.78, 5) is 3.37. The summed E-state index contributed by atoms with van der Waals surface area (Å²) >= 11 is 1.74. The van der Waals surface area contributed by atoms with E-state index in [-0.39, 0.29) is 0 Å². The molecule has 0 saturated carbocycles. The van der Waals surface area contributed by atoms with Crippen molar-refractivity contribution in [2.24, 2.45) is 0 Å². The molecule has 14 heavy (non-hydrogen) atoms. The normalized spacial score (nSPS) is 10.4. The van der Waals surface area contributed by atoms with Crippen molar-refractivity contribution < 1.29 is 0 Å². The van der Waals surface area contributed by atoms with Crippen LogP contribution in [0.15, 0.2) is 47.5 Å². The number of aromatic amines is 1. The molecule has 1 heterocycles. The van der Waals surface area contributed by atoms with Crippen LogP contribution in [-0.4, -0.2) is 11.2 Å². The van der Waals surface area contributed by atoms with Crippen LogP contribution in [0.4, 0.5) is 0 Å². The quantitative estimate of drug-likeness (QED) is 0.757. The number of aromatic nitrogens is 1. The number of H-pyrrole nitrogens is 1. The van der Waals surface area contributed by atoms with Crippen molar-refractivity contribution >= 4 is 11.8 Å². The van der Waals surface area contributed by atoms with E-state index < -0.39 is 0 Å². The third-order valence-corrected chi connectivity index (χ3v) is 2.85. The zero-order chi connectivity index (χ0) is 9.80. The molecule has 1 nitrogen and oxygen atoms in total. The highest BCUT2D eigenvalue weighted by Crippen LogP contribution is 2.15. The van der Waals surface area contributed by atoms with Gasteiger partial charge in [0.1, 0.15) is 0 Å². The SMILES string of the molecule is CSc1ccc(Cc2ccccc2)[nH]1. The first-order chi connectivity index (χ1) is 6.88. The predicted molar refractivity (Wildman–Crippen MR) is 61.8 cm³/mol. The van der Waals surface area contributed by atoms with Gasteiger partial charge in [-0.1, -0.05) is 30.3 Å². The van der Waals surface area contributed by atoms with Crippen LogP contribution in [-0.2, 0) is 6.42 Å². The summed E-state index contributed by atoms with van der Waals surface area (Å²) in [5.41, 5.74) is 2.63. The Bertz CT molecular complexity index is 392. The minimum Gasteiger partial charge on any atom is -0.353 e. The van der Waals surface area contributed by atoms with Gasteiger partial charge >= 0.3 is 0 Å². The van der Waals surface area contributed by atoms with Crippen molar-refractivity contribution in [2.75, 3.05) is 6.26 Å². The lowest BCUT2D eigenvalue weighted by molar-refractivity contribution is 1.05. The Hall–Kier alpha value is -1.15. The molecule has 72 valence electrons. The molecule has 1 N–H and O–H groups in total. The highest BCUT2D eigenvalue weighted by Gasteiger charge is 1.98. The summed E-state index contributed by atoms with van der Waals surface area (Å²) in [5.74, 6) is 0. The van der Waals surface area contributed by atoms with Gasteiger partial charge in [0.05, 0.1) is 5.03 Å². The zero-order valence-corrected chi connectivity index (χ0v) is 8.97. The minimum atomic E-state index is 0.988. The van der Waals surface area contributed by atoms with Crippen molar-refractivity contribution in [3.63, 3.8) is 0 Å². The second-order valence-corrected chi connectivity index (χ2v) is 4.06. The molecule has 0 aliphatic carbocycles. The van der Waals surface area contributed by atoms with Crippen LogP contribution in [0.25, 0.3) is 0 Å². The number of thioether (sulfide) groups is 1. The number of nitrogens with one attached hydrogen (secondary N) is 1. The van der Waals surface area contributed by atoms with E-state index >= 15 is 0 Å². The Morgan fingerprint density at radius 2 is 1.86 bits per heavy atom. The van der Waals surface area contributed by atoms with E-state index in [1.807, 2.05) is 6.07 Å². The lowest BCUT2D eigenvalue weighted by atomic mass is 10.1. The van der Waals surface area contributed by atoms with Gasteiger partial charge in [-0.05, 0) is 24.0 Å². The third kappa shape index (κ3) is 2.20. The van der Waals surface area contributed by atoms with Crippen LogP contribution in [0, 0.1) is 0 Å². The molecule has 2 rings (SSSR count). The van der Waals surface area contributed by atoms with Crippen LogP contribution in [0.2, 0.25) is 0 Å². The molecule has 1 aromatic carbocycles. The molecule has 0 radical (unpaired) electrons. The van der Waals surface area contributed by atoms with Crippen LogP contribution in [0.5, 0.6) is 0 Å². The van der Waals surface area contributed by atoms with Gasteiger partial charge in [0.15, 0.2) is 0 Å². The maximum atomic E-state index is 3.37. The van der Waals surface area contributed by atoms with E-state index in [0.29, 0.717) is 0 Å². The molecule has 0 unspecified atom stereocenters. The summed E-state index contributed by atoms with van der Waals surface area (Å²) in [7, 11) is 0. The molecular weight excluding hydrogens is 190 g/mol. The number of rotatable bonds is 3. The molecule has 2 heteroatoms. The second kappa shape index (κ2) is 4.38. The van der Waals surface area contributed by atoms with Gasteiger partial charge in [-0.2, -0.15) is 0 Å². The Labute approximate surface area is 88.6 Å². The van der Waals surface area contributed by atoms with Gasteiger partial charge < -0.3 is 4.98 Å². The van der Waals surface area contributed by atoms with Crippen LogP contribution in [0.3, 0.4) is 0 Å². The Kier molecular flexibility index (Phi) is 2.94. The van der Waals surface area contributed by atoms with Crippen molar-refractivity contribution in [1.82, 2.24) is 4.98 Å². The van der Waals surface area contributed by atoms with Crippen LogP contribution in [0.1, 0.15) is 11.3 Å². The highest BCUT2D eigenvalue weighted by molar-refractivity contribution is 7.98. The monoisotopic (exact) mass is 203 g/mol. The Morgan fingerprint density at radius 1 is 1.07 bits per heavy atom. The fourth-order valence-corrected chi connectivity index (χ4v) is 1.89. The molecule has 0 atom stereocenters. The molecule has 0 amide bonds. The maximum Gasteiger partial charge on any atom is 0.0721 e. The van der Waals surface area contributed by atoms with Gasteiger partial charge in [0.25, 0.3) is 0 Å². The molecular formula is C12H13NS. The highest BCUT2D eigenvalue weighted by atomic mass is 32.2. The Balaban J connectivity index is 2.11. The molecule has 0 fully saturated rings. The van der Waals surface area contributed by atoms with Crippen molar-refractivity contribution in [1.29, 1.82) is 0 Å². The summed E-state index contributed by atoms with van der Waals surface area (Å²) in [6.45, 7) is 0. The largest absolute Gasteiger partial charge is 0.353 e. The second-order valence-electron chi connectivity index (χ2n) is 3.21. The van der Waals surface area contributed by atoms with Gasteiger partial charge in [0, 0.05) is 12.1 Å². The standard InChI is InChI=1S/C12H13NS/c1-14-12-8-7-11(13-12)9-10-5-3-2-4-6-10/h2-8,13H,9H2,1H3. The number of hydrogen-bond acceptors (Lipinski definition) is 1. The molecule has 2 aromatic rings. The first kappa shape index (κ1) is 9.41. The van der Waals surface area contributed by atoms with Crippen LogP contribution < -0.4 is 0 Å². The smallest absolute Gasteiger partial charge is 0.0721 e. The zero-order valence-electron chi connectivity index (χ0n) is 8.16.